The van der Waals surface area contributed by atoms with Gasteiger partial charge in [0, 0.05) is 60.1 Å². The van der Waals surface area contributed by atoms with Gasteiger partial charge >= 0.3 is 0 Å². The molecule has 4 rings (SSSR count). The number of nitrogens with two attached hydrogens (primary N) is 1. The Morgan fingerprint density at radius 1 is 1.17 bits per heavy atom. The van der Waals surface area contributed by atoms with E-state index in [1.165, 1.54) is 21.8 Å². The second kappa shape index (κ2) is 6.47. The van der Waals surface area contributed by atoms with Gasteiger partial charge in [-0.2, -0.15) is 0 Å². The van der Waals surface area contributed by atoms with Crippen LogP contribution in [-0.2, 0) is 19.5 Å². The first-order chi connectivity index (χ1) is 11.7. The van der Waals surface area contributed by atoms with Crippen molar-refractivity contribution in [1.29, 1.82) is 0 Å². The zero-order chi connectivity index (χ0) is 16.5. The number of halogens is 1. The minimum absolute atomic E-state index is 0.596. The second-order valence-electron chi connectivity index (χ2n) is 5.83. The van der Waals surface area contributed by atoms with E-state index >= 15 is 0 Å². The maximum absolute atomic E-state index is 5.91. The lowest BCUT2D eigenvalue weighted by Crippen LogP contribution is -2.30. The van der Waals surface area contributed by atoms with Crippen molar-refractivity contribution in [2.24, 2.45) is 0 Å². The van der Waals surface area contributed by atoms with Crippen molar-refractivity contribution in [3.63, 3.8) is 0 Å². The number of fused-ring (bicyclic) bond motifs is 1. The molecule has 0 amide bonds. The van der Waals surface area contributed by atoms with E-state index in [4.69, 9.17) is 22.3 Å². The first-order valence-electron chi connectivity index (χ1n) is 7.70. The zero-order valence-electron chi connectivity index (χ0n) is 12.9. The molecule has 3 heterocycles. The zero-order valence-corrected chi connectivity index (χ0v) is 14.5. The molecule has 0 atom stereocenters. The maximum Gasteiger partial charge on any atom is 0.183 e. The van der Waals surface area contributed by atoms with Gasteiger partial charge in [0.1, 0.15) is 0 Å². The normalized spacial score (nSPS) is 14.5. The van der Waals surface area contributed by atoms with E-state index in [9.17, 15) is 0 Å². The first kappa shape index (κ1) is 15.5. The number of thiazole rings is 1. The fraction of sp³-hybridized carbons (Fsp3) is 0.235. The Labute approximate surface area is 149 Å². The number of nitrogen functional groups attached to an aromatic ring is 1. The summed E-state index contributed by atoms with van der Waals surface area (Å²) < 4.78 is 0.596. The minimum Gasteiger partial charge on any atom is -0.399 e. The van der Waals surface area contributed by atoms with E-state index in [1.807, 2.05) is 36.7 Å². The number of rotatable bonds is 3. The fourth-order valence-corrected chi connectivity index (χ4v) is 3.88. The number of hydrogen-bond donors (Lipinski definition) is 1. The molecule has 5 nitrogen and oxygen atoms in total. The molecule has 0 fully saturated rings. The molecule has 3 aromatic rings. The third-order valence-electron chi connectivity index (χ3n) is 4.09. The monoisotopic (exact) mass is 357 g/mol. The van der Waals surface area contributed by atoms with Gasteiger partial charge in [0.05, 0.1) is 5.69 Å². The van der Waals surface area contributed by atoms with Crippen LogP contribution in [0.1, 0.15) is 16.1 Å². The quantitative estimate of drug-likeness (QED) is 0.728. The van der Waals surface area contributed by atoms with Gasteiger partial charge in [-0.25, -0.2) is 15.0 Å². The van der Waals surface area contributed by atoms with Crippen molar-refractivity contribution in [3.8, 4) is 11.4 Å². The third kappa shape index (κ3) is 3.26. The number of benzene rings is 1. The highest BCUT2D eigenvalue weighted by Crippen LogP contribution is 2.24. The summed E-state index contributed by atoms with van der Waals surface area (Å²) in [6.45, 7) is 2.69. The molecule has 0 saturated carbocycles. The molecule has 1 aromatic carbocycles. The Bertz CT molecular complexity index is 862. The molecule has 2 aromatic heterocycles. The lowest BCUT2D eigenvalue weighted by Gasteiger charge is -2.27. The molecule has 0 spiro atoms. The molecule has 2 N–H and O–H groups in total. The van der Waals surface area contributed by atoms with Crippen molar-refractivity contribution in [3.05, 3.63) is 57.3 Å². The highest BCUT2D eigenvalue weighted by Gasteiger charge is 2.19. The lowest BCUT2D eigenvalue weighted by atomic mass is 10.1. The summed E-state index contributed by atoms with van der Waals surface area (Å²) >= 11 is 7.44. The predicted molar refractivity (Wildman–Crippen MR) is 96.8 cm³/mol. The van der Waals surface area contributed by atoms with Gasteiger partial charge in [-0.15, -0.1) is 11.3 Å². The molecule has 7 heteroatoms. The molecule has 122 valence electrons. The van der Waals surface area contributed by atoms with Gasteiger partial charge in [-0.05, 0) is 24.3 Å². The van der Waals surface area contributed by atoms with E-state index in [0.717, 1.165) is 48.8 Å². The van der Waals surface area contributed by atoms with Crippen LogP contribution in [0.15, 0.2) is 36.7 Å². The summed E-state index contributed by atoms with van der Waals surface area (Å²) in [5, 5.41) is 0. The van der Waals surface area contributed by atoms with E-state index < -0.39 is 0 Å². The molecule has 1 aliphatic heterocycles. The van der Waals surface area contributed by atoms with Crippen molar-refractivity contribution in [1.82, 2.24) is 19.9 Å². The van der Waals surface area contributed by atoms with Crippen molar-refractivity contribution in [2.75, 3.05) is 12.3 Å². The third-order valence-corrected chi connectivity index (χ3v) is 5.19. The molecular formula is C17H16ClN5S. The van der Waals surface area contributed by atoms with E-state index in [1.54, 1.807) is 0 Å². The van der Waals surface area contributed by atoms with Crippen molar-refractivity contribution < 1.29 is 0 Å². The highest BCUT2D eigenvalue weighted by molar-refractivity contribution is 7.15. The van der Waals surface area contributed by atoms with Gasteiger partial charge in [-0.3, -0.25) is 4.90 Å². The van der Waals surface area contributed by atoms with Gasteiger partial charge in [0.25, 0.3) is 0 Å². The molecule has 0 aliphatic carbocycles. The van der Waals surface area contributed by atoms with Crippen LogP contribution in [0.5, 0.6) is 0 Å². The molecule has 1 aliphatic rings. The minimum atomic E-state index is 0.596. The SMILES string of the molecule is Nc1ccc(-c2ncc3c(n2)CCN(Cc2cnc(Cl)s2)C3)cc1. The smallest absolute Gasteiger partial charge is 0.183 e. The number of nitrogens with zero attached hydrogens (tertiary/aromatic N) is 4. The van der Waals surface area contributed by atoms with Crippen LogP contribution in [-0.4, -0.2) is 26.4 Å². The lowest BCUT2D eigenvalue weighted by molar-refractivity contribution is 0.245. The molecular weight excluding hydrogens is 342 g/mol. The standard InChI is InChI=1S/C17H16ClN5S/c18-17-21-8-14(24-17)10-23-6-5-15-12(9-23)7-20-16(22-15)11-1-3-13(19)4-2-11/h1-4,7-8H,5-6,9-10,19H2. The second-order valence-corrected chi connectivity index (χ2v) is 7.53. The Kier molecular flexibility index (Phi) is 4.18. The van der Waals surface area contributed by atoms with Gasteiger partial charge in [0.15, 0.2) is 10.3 Å². The average molecular weight is 358 g/mol. The number of hydrogen-bond acceptors (Lipinski definition) is 6. The summed E-state index contributed by atoms with van der Waals surface area (Å²) in [5.74, 6) is 0.761. The summed E-state index contributed by atoms with van der Waals surface area (Å²) in [4.78, 5) is 16.9. The van der Waals surface area contributed by atoms with Crippen molar-refractivity contribution in [2.45, 2.75) is 19.5 Å². The van der Waals surface area contributed by atoms with Crippen LogP contribution < -0.4 is 5.73 Å². The summed E-state index contributed by atoms with van der Waals surface area (Å²) in [7, 11) is 0. The Balaban J connectivity index is 1.52. The van der Waals surface area contributed by atoms with Gasteiger partial charge < -0.3 is 5.73 Å². The molecule has 24 heavy (non-hydrogen) atoms. The Morgan fingerprint density at radius 3 is 2.75 bits per heavy atom. The molecule has 0 unspecified atom stereocenters. The van der Waals surface area contributed by atoms with E-state index in [2.05, 4.69) is 14.9 Å². The molecule has 0 saturated heterocycles. The van der Waals surface area contributed by atoms with Crippen LogP contribution in [0.2, 0.25) is 4.47 Å². The summed E-state index contributed by atoms with van der Waals surface area (Å²) in [6, 6.07) is 7.67. The van der Waals surface area contributed by atoms with Gasteiger partial charge in [0.2, 0.25) is 0 Å². The van der Waals surface area contributed by atoms with Crippen molar-refractivity contribution >= 4 is 28.6 Å². The van der Waals surface area contributed by atoms with Gasteiger partial charge in [-0.1, -0.05) is 11.6 Å². The van der Waals surface area contributed by atoms with Crippen LogP contribution in [0.3, 0.4) is 0 Å². The van der Waals surface area contributed by atoms with E-state index in [-0.39, 0.29) is 0 Å². The van der Waals surface area contributed by atoms with Crippen LogP contribution in [0, 0.1) is 0 Å². The molecule has 0 bridgehead atoms. The summed E-state index contributed by atoms with van der Waals surface area (Å²) in [6.07, 6.45) is 4.72. The topological polar surface area (TPSA) is 67.9 Å². The first-order valence-corrected chi connectivity index (χ1v) is 8.90. The largest absolute Gasteiger partial charge is 0.399 e. The van der Waals surface area contributed by atoms with E-state index in [0.29, 0.717) is 4.47 Å². The Morgan fingerprint density at radius 2 is 2.00 bits per heavy atom. The fourth-order valence-electron chi connectivity index (χ4n) is 2.86. The van der Waals surface area contributed by atoms with Crippen LogP contribution >= 0.6 is 22.9 Å². The summed E-state index contributed by atoms with van der Waals surface area (Å²) in [5.41, 5.74) is 9.80. The Hall–Kier alpha value is -2.02. The number of aromatic nitrogens is 3. The van der Waals surface area contributed by atoms with Crippen LogP contribution in [0.4, 0.5) is 5.69 Å². The molecule has 0 radical (unpaired) electrons. The highest BCUT2D eigenvalue weighted by atomic mass is 35.5. The predicted octanol–water partition coefficient (Wildman–Crippen LogP) is 3.39. The number of anilines is 1. The maximum atomic E-state index is 5.91. The van der Waals surface area contributed by atoms with Crippen LogP contribution in [0.25, 0.3) is 11.4 Å². The average Bonchev–Trinajstić information content (AvgIpc) is 3.00.